The van der Waals surface area contributed by atoms with E-state index in [1.54, 1.807) is 24.3 Å². The van der Waals surface area contributed by atoms with Crippen LogP contribution in [0.1, 0.15) is 37.4 Å². The Labute approximate surface area is 133 Å². The van der Waals surface area contributed by atoms with Crippen molar-refractivity contribution < 1.29 is 13.5 Å². The number of aliphatic hydroxyl groups is 1. The summed E-state index contributed by atoms with van der Waals surface area (Å²) in [7, 11) is -3.17. The van der Waals surface area contributed by atoms with E-state index in [2.05, 4.69) is 4.90 Å². The van der Waals surface area contributed by atoms with Gasteiger partial charge in [0.1, 0.15) is 0 Å². The summed E-state index contributed by atoms with van der Waals surface area (Å²) in [4.78, 5) is 2.67. The van der Waals surface area contributed by atoms with Gasteiger partial charge in [0.15, 0.2) is 9.84 Å². The molecule has 3 atom stereocenters. The zero-order chi connectivity index (χ0) is 15.7. The molecule has 0 bridgehead atoms. The molecule has 0 amide bonds. The molecule has 1 N–H and O–H groups in total. The topological polar surface area (TPSA) is 57.6 Å². The van der Waals surface area contributed by atoms with Crippen LogP contribution in [0.15, 0.2) is 29.2 Å². The molecule has 22 heavy (non-hydrogen) atoms. The summed E-state index contributed by atoms with van der Waals surface area (Å²) in [5, 5.41) is 10.4. The van der Waals surface area contributed by atoms with Crippen molar-refractivity contribution in [3.05, 3.63) is 29.8 Å². The smallest absolute Gasteiger partial charge is 0.175 e. The number of hydrogen-bond donors (Lipinski definition) is 1. The predicted octanol–water partition coefficient (Wildman–Crippen LogP) is 2.25. The molecular formula is C17H25NO3S. The molecule has 3 rings (SSSR count). The Bertz CT molecular complexity index is 597. The lowest BCUT2D eigenvalue weighted by Gasteiger charge is -2.23. The minimum Gasteiger partial charge on any atom is -0.387 e. The highest BCUT2D eigenvalue weighted by atomic mass is 32.2. The molecule has 1 saturated heterocycles. The number of nitrogens with zero attached hydrogens (tertiary/aromatic N) is 1. The van der Waals surface area contributed by atoms with Gasteiger partial charge in [-0.25, -0.2) is 8.42 Å². The summed E-state index contributed by atoms with van der Waals surface area (Å²) in [6, 6.07) is 6.61. The molecule has 0 radical (unpaired) electrons. The summed E-state index contributed by atoms with van der Waals surface area (Å²) in [6.07, 6.45) is 6.02. The van der Waals surface area contributed by atoms with Gasteiger partial charge in [0, 0.05) is 25.9 Å². The number of fused-ring (bicyclic) bond motifs is 1. The van der Waals surface area contributed by atoms with Gasteiger partial charge < -0.3 is 5.11 Å². The van der Waals surface area contributed by atoms with E-state index in [0.717, 1.165) is 30.5 Å². The number of benzene rings is 1. The fraction of sp³-hybridized carbons (Fsp3) is 0.647. The first kappa shape index (κ1) is 16.0. The van der Waals surface area contributed by atoms with Crippen molar-refractivity contribution in [2.24, 2.45) is 11.8 Å². The minimum absolute atomic E-state index is 0.302. The van der Waals surface area contributed by atoms with Crippen LogP contribution >= 0.6 is 0 Å². The molecule has 1 aromatic rings. The summed E-state index contributed by atoms with van der Waals surface area (Å²) in [5.41, 5.74) is 0.794. The van der Waals surface area contributed by atoms with Gasteiger partial charge in [-0.2, -0.15) is 0 Å². The highest BCUT2D eigenvalue weighted by Crippen LogP contribution is 2.36. The Kier molecular flexibility index (Phi) is 4.57. The summed E-state index contributed by atoms with van der Waals surface area (Å²) in [6.45, 7) is 2.84. The Hall–Kier alpha value is -0.910. The van der Waals surface area contributed by atoms with Gasteiger partial charge in [-0.3, -0.25) is 4.90 Å². The van der Waals surface area contributed by atoms with Crippen molar-refractivity contribution in [2.45, 2.75) is 36.7 Å². The van der Waals surface area contributed by atoms with Gasteiger partial charge in [0.2, 0.25) is 0 Å². The third-order valence-corrected chi connectivity index (χ3v) is 6.30. The van der Waals surface area contributed by atoms with Crippen molar-refractivity contribution in [1.82, 2.24) is 4.90 Å². The quantitative estimate of drug-likeness (QED) is 0.923. The van der Waals surface area contributed by atoms with Crippen LogP contribution < -0.4 is 0 Å². The number of β-amino-alcohol motifs (C(OH)–C–C–N with tert-alkyl or cyclic N) is 1. The zero-order valence-corrected chi connectivity index (χ0v) is 13.9. The first-order valence-electron chi connectivity index (χ1n) is 8.14. The normalized spacial score (nSPS) is 27.5. The second kappa shape index (κ2) is 6.30. The van der Waals surface area contributed by atoms with Crippen molar-refractivity contribution >= 4 is 9.84 Å². The van der Waals surface area contributed by atoms with Crippen LogP contribution in [0.3, 0.4) is 0 Å². The standard InChI is InChI=1S/C17H25NO3S/c1-22(20,21)16-8-6-13(7-9-16)17(19)12-18-10-14-4-2-3-5-15(14)11-18/h6-9,14-15,17,19H,2-5,10-12H2,1H3. The Morgan fingerprint density at radius 2 is 1.68 bits per heavy atom. The van der Waals surface area contributed by atoms with Crippen LogP contribution in [0.4, 0.5) is 0 Å². The number of rotatable bonds is 4. The molecule has 2 aliphatic rings. The van der Waals surface area contributed by atoms with Crippen LogP contribution in [-0.4, -0.2) is 44.3 Å². The van der Waals surface area contributed by atoms with E-state index in [1.165, 1.54) is 31.9 Å². The number of hydrogen-bond acceptors (Lipinski definition) is 4. The van der Waals surface area contributed by atoms with Gasteiger partial charge in [0.05, 0.1) is 11.0 Å². The summed E-state index contributed by atoms with van der Waals surface area (Å²) < 4.78 is 22.9. The lowest BCUT2D eigenvalue weighted by molar-refractivity contribution is 0.123. The van der Waals surface area contributed by atoms with Crippen molar-refractivity contribution in [3.63, 3.8) is 0 Å². The molecular weight excluding hydrogens is 298 g/mol. The van der Waals surface area contributed by atoms with Crippen LogP contribution in [0, 0.1) is 11.8 Å². The number of aliphatic hydroxyl groups excluding tert-OH is 1. The first-order valence-corrected chi connectivity index (χ1v) is 10.0. The average molecular weight is 323 g/mol. The lowest BCUT2D eigenvalue weighted by Crippen LogP contribution is -2.26. The second-order valence-corrected chi connectivity index (χ2v) is 8.90. The fourth-order valence-corrected chi connectivity index (χ4v) is 4.57. The van der Waals surface area contributed by atoms with Crippen LogP contribution in [-0.2, 0) is 9.84 Å². The average Bonchev–Trinajstić information content (AvgIpc) is 2.88. The lowest BCUT2D eigenvalue weighted by atomic mass is 9.82. The van der Waals surface area contributed by atoms with Gasteiger partial charge >= 0.3 is 0 Å². The monoisotopic (exact) mass is 323 g/mol. The van der Waals surface area contributed by atoms with Gasteiger partial charge in [0.25, 0.3) is 0 Å². The van der Waals surface area contributed by atoms with E-state index in [0.29, 0.717) is 11.4 Å². The molecule has 1 saturated carbocycles. The molecule has 0 spiro atoms. The molecule has 122 valence electrons. The molecule has 3 unspecified atom stereocenters. The summed E-state index contributed by atoms with van der Waals surface area (Å²) in [5.74, 6) is 1.63. The van der Waals surface area contributed by atoms with Gasteiger partial charge in [-0.1, -0.05) is 25.0 Å². The Morgan fingerprint density at radius 1 is 1.14 bits per heavy atom. The zero-order valence-electron chi connectivity index (χ0n) is 13.1. The maximum atomic E-state index is 11.5. The number of likely N-dealkylation sites (tertiary alicyclic amines) is 1. The molecule has 0 aromatic heterocycles. The Balaban J connectivity index is 1.61. The highest BCUT2D eigenvalue weighted by molar-refractivity contribution is 7.90. The highest BCUT2D eigenvalue weighted by Gasteiger charge is 2.34. The molecule has 1 heterocycles. The Morgan fingerprint density at radius 3 is 2.18 bits per heavy atom. The predicted molar refractivity (Wildman–Crippen MR) is 86.4 cm³/mol. The van der Waals surface area contributed by atoms with E-state index in [-0.39, 0.29) is 0 Å². The molecule has 4 nitrogen and oxygen atoms in total. The van der Waals surface area contributed by atoms with Crippen molar-refractivity contribution in [2.75, 3.05) is 25.9 Å². The number of sulfone groups is 1. The molecule has 2 fully saturated rings. The first-order chi connectivity index (χ1) is 10.4. The van der Waals surface area contributed by atoms with E-state index < -0.39 is 15.9 Å². The largest absolute Gasteiger partial charge is 0.387 e. The van der Waals surface area contributed by atoms with Crippen LogP contribution in [0.2, 0.25) is 0 Å². The van der Waals surface area contributed by atoms with Crippen LogP contribution in [0.25, 0.3) is 0 Å². The SMILES string of the molecule is CS(=O)(=O)c1ccc(C(O)CN2CC3CCCCC3C2)cc1. The van der Waals surface area contributed by atoms with E-state index in [1.807, 2.05) is 0 Å². The maximum Gasteiger partial charge on any atom is 0.175 e. The minimum atomic E-state index is -3.17. The molecule has 1 aliphatic carbocycles. The van der Waals surface area contributed by atoms with Gasteiger partial charge in [-0.05, 0) is 42.4 Å². The summed E-state index contributed by atoms with van der Waals surface area (Å²) >= 11 is 0. The van der Waals surface area contributed by atoms with E-state index >= 15 is 0 Å². The maximum absolute atomic E-state index is 11.5. The fourth-order valence-electron chi connectivity index (χ4n) is 3.94. The van der Waals surface area contributed by atoms with Crippen LogP contribution in [0.5, 0.6) is 0 Å². The molecule has 5 heteroatoms. The van der Waals surface area contributed by atoms with Crippen molar-refractivity contribution in [1.29, 1.82) is 0 Å². The van der Waals surface area contributed by atoms with E-state index in [4.69, 9.17) is 0 Å². The van der Waals surface area contributed by atoms with E-state index in [9.17, 15) is 13.5 Å². The molecule has 1 aliphatic heterocycles. The third kappa shape index (κ3) is 3.53. The second-order valence-electron chi connectivity index (χ2n) is 6.88. The third-order valence-electron chi connectivity index (χ3n) is 5.18. The van der Waals surface area contributed by atoms with Crippen molar-refractivity contribution in [3.8, 4) is 0 Å². The van der Waals surface area contributed by atoms with Gasteiger partial charge in [-0.15, -0.1) is 0 Å². The molecule has 1 aromatic carbocycles.